The molecule has 1 atom stereocenters. The van der Waals surface area contributed by atoms with Crippen LogP contribution in [0.15, 0.2) is 24.3 Å². The fourth-order valence-electron chi connectivity index (χ4n) is 1.83. The van der Waals surface area contributed by atoms with Crippen LogP contribution in [0.2, 0.25) is 0 Å². The Labute approximate surface area is 142 Å². The maximum absolute atomic E-state index is 12.3. The summed E-state index contributed by atoms with van der Waals surface area (Å²) in [5, 5.41) is 2.68. The van der Waals surface area contributed by atoms with Gasteiger partial charge in [-0.2, -0.15) is 0 Å². The highest BCUT2D eigenvalue weighted by Crippen LogP contribution is 2.21. The van der Waals surface area contributed by atoms with Crippen molar-refractivity contribution in [2.75, 3.05) is 0 Å². The monoisotopic (exact) mass is 351 g/mol. The number of nitrogens with one attached hydrogen (secondary N) is 1. The number of carbonyl (C=O) groups excluding carboxylic acids is 3. The number of amides is 1. The van der Waals surface area contributed by atoms with Gasteiger partial charge in [-0.05, 0) is 38.1 Å². The topological polar surface area (TPSA) is 72.5 Å². The van der Waals surface area contributed by atoms with E-state index in [1.807, 2.05) is 13.0 Å². The van der Waals surface area contributed by atoms with E-state index in [0.717, 1.165) is 9.75 Å². The summed E-state index contributed by atoms with van der Waals surface area (Å²) in [6, 6.07) is 6.99. The Kier molecular flexibility index (Phi) is 5.68. The van der Waals surface area contributed by atoms with Crippen molar-refractivity contribution in [1.29, 1.82) is 0 Å². The molecule has 1 unspecified atom stereocenters. The van der Waals surface area contributed by atoms with E-state index < -0.39 is 12.1 Å². The van der Waals surface area contributed by atoms with Gasteiger partial charge in [0.05, 0.1) is 11.4 Å². The Morgan fingerprint density at radius 1 is 1.13 bits per heavy atom. The van der Waals surface area contributed by atoms with Crippen LogP contribution in [0.4, 0.5) is 0 Å². The van der Waals surface area contributed by atoms with Gasteiger partial charge in [-0.3, -0.25) is 9.59 Å². The van der Waals surface area contributed by atoms with E-state index in [2.05, 4.69) is 5.32 Å². The molecular formula is C16H17NO4S2. The molecule has 0 radical (unpaired) electrons. The molecule has 2 aromatic rings. The lowest BCUT2D eigenvalue weighted by atomic mass is 10.2. The lowest BCUT2D eigenvalue weighted by molar-refractivity contribution is -0.119. The molecule has 0 fully saturated rings. The molecule has 0 spiro atoms. The molecular weight excluding hydrogens is 334 g/mol. The van der Waals surface area contributed by atoms with E-state index in [0.29, 0.717) is 16.3 Å². The lowest BCUT2D eigenvalue weighted by Crippen LogP contribution is -2.23. The standard InChI is InChI=1S/C16H17NO4S2/c1-9-4-6-14(22-9)16(20)21-10(2)15(19)13-7-5-12(23-13)8-17-11(3)18/h4-7,10H,8H2,1-3H3,(H,17,18). The van der Waals surface area contributed by atoms with Crippen molar-refractivity contribution in [3.8, 4) is 0 Å². The second-order valence-corrected chi connectivity index (χ2v) is 7.45. The van der Waals surface area contributed by atoms with E-state index in [4.69, 9.17) is 4.74 Å². The fourth-order valence-corrected chi connectivity index (χ4v) is 3.55. The average molecular weight is 351 g/mol. The zero-order valence-corrected chi connectivity index (χ0v) is 14.7. The van der Waals surface area contributed by atoms with Gasteiger partial charge in [0.15, 0.2) is 6.10 Å². The molecule has 2 aromatic heterocycles. The molecule has 5 nitrogen and oxygen atoms in total. The van der Waals surface area contributed by atoms with Crippen molar-refractivity contribution in [3.63, 3.8) is 0 Å². The molecule has 0 aliphatic rings. The maximum Gasteiger partial charge on any atom is 0.349 e. The van der Waals surface area contributed by atoms with E-state index in [-0.39, 0.29) is 11.7 Å². The normalized spacial score (nSPS) is 11.8. The zero-order chi connectivity index (χ0) is 17.0. The first-order valence-electron chi connectivity index (χ1n) is 7.01. The first-order valence-corrected chi connectivity index (χ1v) is 8.65. The molecule has 1 amide bonds. The molecule has 7 heteroatoms. The van der Waals surface area contributed by atoms with E-state index in [1.165, 1.54) is 29.6 Å². The predicted octanol–water partition coefficient (Wildman–Crippen LogP) is 3.18. The number of Topliss-reactive ketones (excluding diaryl/α,β-unsaturated/α-hetero) is 1. The molecule has 0 aliphatic heterocycles. The average Bonchev–Trinajstić information content (AvgIpc) is 3.13. The summed E-state index contributed by atoms with van der Waals surface area (Å²) in [6.07, 6.45) is -0.850. The van der Waals surface area contributed by atoms with Gasteiger partial charge in [0.25, 0.3) is 0 Å². The highest BCUT2D eigenvalue weighted by Gasteiger charge is 2.22. The second-order valence-electron chi connectivity index (χ2n) is 5.00. The van der Waals surface area contributed by atoms with Crippen molar-refractivity contribution < 1.29 is 19.1 Å². The molecule has 0 aromatic carbocycles. The quantitative estimate of drug-likeness (QED) is 0.641. The van der Waals surface area contributed by atoms with Crippen LogP contribution in [0.5, 0.6) is 0 Å². The number of esters is 1. The number of aryl methyl sites for hydroxylation is 1. The summed E-state index contributed by atoms with van der Waals surface area (Å²) in [5.74, 6) is -0.857. The second kappa shape index (κ2) is 7.52. The highest BCUT2D eigenvalue weighted by atomic mass is 32.1. The van der Waals surface area contributed by atoms with Gasteiger partial charge in [-0.25, -0.2) is 4.79 Å². The van der Waals surface area contributed by atoms with Crippen molar-refractivity contribution in [3.05, 3.63) is 43.8 Å². The Morgan fingerprint density at radius 3 is 2.43 bits per heavy atom. The summed E-state index contributed by atoms with van der Waals surface area (Å²) in [7, 11) is 0. The van der Waals surface area contributed by atoms with Gasteiger partial charge in [0, 0.05) is 16.7 Å². The van der Waals surface area contributed by atoms with Gasteiger partial charge in [-0.15, -0.1) is 22.7 Å². The molecule has 0 aliphatic carbocycles. The molecule has 0 saturated carbocycles. The fraction of sp³-hybridized carbons (Fsp3) is 0.312. The Bertz CT molecular complexity index is 732. The third-order valence-electron chi connectivity index (χ3n) is 3.01. The lowest BCUT2D eigenvalue weighted by Gasteiger charge is -2.10. The van der Waals surface area contributed by atoms with Crippen molar-refractivity contribution in [1.82, 2.24) is 5.32 Å². The van der Waals surface area contributed by atoms with Gasteiger partial charge >= 0.3 is 5.97 Å². The summed E-state index contributed by atoms with van der Waals surface area (Å²) in [5.41, 5.74) is 0. The number of rotatable bonds is 6. The number of thiophene rings is 2. The Balaban J connectivity index is 1.96. The van der Waals surface area contributed by atoms with Crippen LogP contribution in [-0.4, -0.2) is 23.8 Å². The van der Waals surface area contributed by atoms with E-state index >= 15 is 0 Å². The minimum atomic E-state index is -0.850. The predicted molar refractivity (Wildman–Crippen MR) is 90.1 cm³/mol. The first kappa shape index (κ1) is 17.4. The summed E-state index contributed by atoms with van der Waals surface area (Å²) >= 11 is 2.62. The number of ketones is 1. The SMILES string of the molecule is CC(=O)NCc1ccc(C(=O)C(C)OC(=O)c2ccc(C)s2)s1. The van der Waals surface area contributed by atoms with Crippen LogP contribution < -0.4 is 5.32 Å². The molecule has 0 bridgehead atoms. The zero-order valence-electron chi connectivity index (χ0n) is 13.0. The van der Waals surface area contributed by atoms with Crippen molar-refractivity contribution >= 4 is 40.3 Å². The Morgan fingerprint density at radius 2 is 1.83 bits per heavy atom. The van der Waals surface area contributed by atoms with Crippen LogP contribution in [0.3, 0.4) is 0 Å². The van der Waals surface area contributed by atoms with Crippen LogP contribution >= 0.6 is 22.7 Å². The van der Waals surface area contributed by atoms with E-state index in [9.17, 15) is 14.4 Å². The molecule has 23 heavy (non-hydrogen) atoms. The third-order valence-corrected chi connectivity index (χ3v) is 5.09. The van der Waals surface area contributed by atoms with Crippen LogP contribution in [0.1, 0.15) is 42.9 Å². The highest BCUT2D eigenvalue weighted by molar-refractivity contribution is 7.14. The minimum absolute atomic E-state index is 0.125. The van der Waals surface area contributed by atoms with Gasteiger partial charge in [0.1, 0.15) is 4.88 Å². The molecule has 2 rings (SSSR count). The number of ether oxygens (including phenoxy) is 1. The first-order chi connectivity index (χ1) is 10.9. The molecule has 1 N–H and O–H groups in total. The number of hydrogen-bond donors (Lipinski definition) is 1. The molecule has 2 heterocycles. The molecule has 122 valence electrons. The smallest absolute Gasteiger partial charge is 0.349 e. The largest absolute Gasteiger partial charge is 0.450 e. The van der Waals surface area contributed by atoms with Crippen LogP contribution in [-0.2, 0) is 16.1 Å². The van der Waals surface area contributed by atoms with Crippen LogP contribution in [0, 0.1) is 6.92 Å². The number of carbonyl (C=O) groups is 3. The maximum atomic E-state index is 12.3. The Hall–Kier alpha value is -1.99. The third kappa shape index (κ3) is 4.74. The number of hydrogen-bond acceptors (Lipinski definition) is 6. The van der Waals surface area contributed by atoms with Crippen LogP contribution in [0.25, 0.3) is 0 Å². The minimum Gasteiger partial charge on any atom is -0.450 e. The van der Waals surface area contributed by atoms with Crippen molar-refractivity contribution in [2.45, 2.75) is 33.4 Å². The summed E-state index contributed by atoms with van der Waals surface area (Å²) in [6.45, 7) is 5.29. The summed E-state index contributed by atoms with van der Waals surface area (Å²) in [4.78, 5) is 38.1. The summed E-state index contributed by atoms with van der Waals surface area (Å²) < 4.78 is 5.23. The van der Waals surface area contributed by atoms with Gasteiger partial charge in [0.2, 0.25) is 11.7 Å². The van der Waals surface area contributed by atoms with Crippen molar-refractivity contribution in [2.24, 2.45) is 0 Å². The molecule has 0 saturated heterocycles. The van der Waals surface area contributed by atoms with Gasteiger partial charge < -0.3 is 10.1 Å². The van der Waals surface area contributed by atoms with E-state index in [1.54, 1.807) is 25.1 Å². The van der Waals surface area contributed by atoms with Gasteiger partial charge in [-0.1, -0.05) is 0 Å².